The largest absolute Gasteiger partial charge is 0.274 e. The van der Waals surface area contributed by atoms with Crippen molar-refractivity contribution in [2.45, 2.75) is 11.8 Å². The van der Waals surface area contributed by atoms with E-state index in [-0.39, 0.29) is 10.5 Å². The van der Waals surface area contributed by atoms with Crippen molar-refractivity contribution in [3.63, 3.8) is 0 Å². The predicted molar refractivity (Wildman–Crippen MR) is 76.0 cm³/mol. The predicted octanol–water partition coefficient (Wildman–Crippen LogP) is 3.84. The van der Waals surface area contributed by atoms with Gasteiger partial charge in [-0.2, -0.15) is 0 Å². The SMILES string of the molecule is Cc1ccc(F)c(NS(=O)(=O)c2cccc(Br)c2)c1F. The van der Waals surface area contributed by atoms with Gasteiger partial charge in [-0.25, -0.2) is 17.2 Å². The van der Waals surface area contributed by atoms with E-state index in [1.54, 1.807) is 6.07 Å². The molecule has 1 N–H and O–H groups in total. The first-order valence-corrected chi connectivity index (χ1v) is 7.82. The van der Waals surface area contributed by atoms with Crippen molar-refractivity contribution in [2.75, 3.05) is 4.72 Å². The molecule has 0 bridgehead atoms. The molecule has 0 aliphatic carbocycles. The lowest BCUT2D eigenvalue weighted by molar-refractivity contribution is 0.579. The van der Waals surface area contributed by atoms with Crippen LogP contribution < -0.4 is 4.72 Å². The Morgan fingerprint density at radius 3 is 2.50 bits per heavy atom. The molecule has 0 spiro atoms. The molecule has 0 aromatic heterocycles. The summed E-state index contributed by atoms with van der Waals surface area (Å²) in [5.74, 6) is -1.89. The van der Waals surface area contributed by atoms with Gasteiger partial charge in [0.25, 0.3) is 10.0 Å². The zero-order valence-corrected chi connectivity index (χ0v) is 12.7. The van der Waals surface area contributed by atoms with Crippen LogP contribution in [-0.2, 0) is 10.0 Å². The first kappa shape index (κ1) is 14.9. The second kappa shape index (κ2) is 5.49. The Labute approximate surface area is 123 Å². The van der Waals surface area contributed by atoms with E-state index in [4.69, 9.17) is 0 Å². The summed E-state index contributed by atoms with van der Waals surface area (Å²) in [6.07, 6.45) is 0. The van der Waals surface area contributed by atoms with Crippen molar-refractivity contribution >= 4 is 31.6 Å². The summed E-state index contributed by atoms with van der Waals surface area (Å²) >= 11 is 3.14. The number of sulfonamides is 1. The maximum absolute atomic E-state index is 13.8. The zero-order valence-electron chi connectivity index (χ0n) is 10.3. The molecule has 0 unspecified atom stereocenters. The van der Waals surface area contributed by atoms with Crippen molar-refractivity contribution in [3.05, 3.63) is 58.1 Å². The van der Waals surface area contributed by atoms with Gasteiger partial charge in [0.15, 0.2) is 5.82 Å². The smallest absolute Gasteiger partial charge is 0.262 e. The number of hydrogen-bond acceptors (Lipinski definition) is 2. The molecule has 0 aliphatic rings. The van der Waals surface area contributed by atoms with E-state index in [9.17, 15) is 17.2 Å². The number of benzene rings is 2. The third-order valence-corrected chi connectivity index (χ3v) is 4.47. The molecule has 2 aromatic rings. The second-order valence-corrected chi connectivity index (χ2v) is 6.71. The van der Waals surface area contributed by atoms with Crippen molar-refractivity contribution in [2.24, 2.45) is 0 Å². The number of rotatable bonds is 3. The van der Waals surface area contributed by atoms with Gasteiger partial charge in [0, 0.05) is 4.47 Å². The van der Waals surface area contributed by atoms with Gasteiger partial charge in [-0.1, -0.05) is 28.1 Å². The minimum Gasteiger partial charge on any atom is -0.274 e. The highest BCUT2D eigenvalue weighted by Gasteiger charge is 2.20. The highest BCUT2D eigenvalue weighted by atomic mass is 79.9. The Hall–Kier alpha value is -1.47. The van der Waals surface area contributed by atoms with Crippen LogP contribution in [0.5, 0.6) is 0 Å². The summed E-state index contributed by atoms with van der Waals surface area (Å²) in [7, 11) is -4.06. The highest BCUT2D eigenvalue weighted by Crippen LogP contribution is 2.25. The second-order valence-electron chi connectivity index (χ2n) is 4.12. The molecule has 0 saturated carbocycles. The van der Waals surface area contributed by atoms with E-state index in [2.05, 4.69) is 15.9 Å². The maximum Gasteiger partial charge on any atom is 0.262 e. The van der Waals surface area contributed by atoms with Crippen LogP contribution in [0.1, 0.15) is 5.56 Å². The van der Waals surface area contributed by atoms with Crippen LogP contribution in [0.25, 0.3) is 0 Å². The third-order valence-electron chi connectivity index (χ3n) is 2.63. The molecule has 3 nitrogen and oxygen atoms in total. The molecular formula is C13H10BrF2NO2S. The van der Waals surface area contributed by atoms with E-state index < -0.39 is 27.3 Å². The Morgan fingerprint density at radius 2 is 1.85 bits per heavy atom. The van der Waals surface area contributed by atoms with Crippen molar-refractivity contribution in [1.82, 2.24) is 0 Å². The number of anilines is 1. The number of hydrogen-bond donors (Lipinski definition) is 1. The van der Waals surface area contributed by atoms with E-state index in [1.807, 2.05) is 4.72 Å². The third kappa shape index (κ3) is 2.99. The molecule has 106 valence electrons. The lowest BCUT2D eigenvalue weighted by Gasteiger charge is -2.11. The van der Waals surface area contributed by atoms with Crippen molar-refractivity contribution < 1.29 is 17.2 Å². The summed E-state index contributed by atoms with van der Waals surface area (Å²) in [5.41, 5.74) is -0.525. The van der Waals surface area contributed by atoms with Crippen LogP contribution in [0.4, 0.5) is 14.5 Å². The van der Waals surface area contributed by atoms with Crippen LogP contribution in [0.3, 0.4) is 0 Å². The molecule has 20 heavy (non-hydrogen) atoms. The van der Waals surface area contributed by atoms with E-state index in [0.29, 0.717) is 4.47 Å². The zero-order chi connectivity index (χ0) is 14.9. The van der Waals surface area contributed by atoms with Crippen LogP contribution >= 0.6 is 15.9 Å². The van der Waals surface area contributed by atoms with Gasteiger partial charge in [-0.15, -0.1) is 0 Å². The molecule has 0 amide bonds. The van der Waals surface area contributed by atoms with Gasteiger partial charge in [-0.3, -0.25) is 4.72 Å². The van der Waals surface area contributed by atoms with Crippen LogP contribution in [-0.4, -0.2) is 8.42 Å². The minimum absolute atomic E-state index is 0.0906. The van der Waals surface area contributed by atoms with Gasteiger partial charge in [0.1, 0.15) is 11.5 Å². The fraction of sp³-hybridized carbons (Fsp3) is 0.0769. The monoisotopic (exact) mass is 361 g/mol. The average Bonchev–Trinajstić information content (AvgIpc) is 2.39. The maximum atomic E-state index is 13.8. The lowest BCUT2D eigenvalue weighted by Crippen LogP contribution is -2.15. The molecule has 7 heteroatoms. The molecule has 0 aliphatic heterocycles. The first-order chi connectivity index (χ1) is 9.31. The van der Waals surface area contributed by atoms with Crippen LogP contribution in [0, 0.1) is 18.6 Å². The summed E-state index contributed by atoms with van der Waals surface area (Å²) in [4.78, 5) is -0.0906. The molecule has 0 fully saturated rings. The molecule has 0 heterocycles. The molecule has 0 atom stereocenters. The van der Waals surface area contributed by atoms with Gasteiger partial charge in [0.05, 0.1) is 4.90 Å². The fourth-order valence-electron chi connectivity index (χ4n) is 1.58. The standard InChI is InChI=1S/C13H10BrF2NO2S/c1-8-5-6-11(15)13(12(8)16)17-20(18,19)10-4-2-3-9(14)7-10/h2-7,17H,1H3. The Bertz CT molecular complexity index is 763. The first-order valence-electron chi connectivity index (χ1n) is 5.54. The van der Waals surface area contributed by atoms with Crippen LogP contribution in [0.2, 0.25) is 0 Å². The Kier molecular flexibility index (Phi) is 4.10. The topological polar surface area (TPSA) is 46.2 Å². The normalized spacial score (nSPS) is 11.4. The van der Waals surface area contributed by atoms with E-state index >= 15 is 0 Å². The average molecular weight is 362 g/mol. The van der Waals surface area contributed by atoms with E-state index in [1.165, 1.54) is 31.2 Å². The van der Waals surface area contributed by atoms with Gasteiger partial charge in [0.2, 0.25) is 0 Å². The molecule has 2 rings (SSSR count). The van der Waals surface area contributed by atoms with Crippen molar-refractivity contribution in [3.8, 4) is 0 Å². The lowest BCUT2D eigenvalue weighted by atomic mass is 10.2. The van der Waals surface area contributed by atoms with E-state index in [0.717, 1.165) is 6.07 Å². The Morgan fingerprint density at radius 1 is 1.15 bits per heavy atom. The highest BCUT2D eigenvalue weighted by molar-refractivity contribution is 9.10. The summed E-state index contributed by atoms with van der Waals surface area (Å²) in [6.45, 7) is 1.42. The van der Waals surface area contributed by atoms with Gasteiger partial charge >= 0.3 is 0 Å². The molecule has 2 aromatic carbocycles. The molecule has 0 radical (unpaired) electrons. The number of halogens is 3. The number of aryl methyl sites for hydroxylation is 1. The number of nitrogens with one attached hydrogen (secondary N) is 1. The van der Waals surface area contributed by atoms with Gasteiger partial charge in [-0.05, 0) is 36.8 Å². The fourth-order valence-corrected chi connectivity index (χ4v) is 3.24. The molecular weight excluding hydrogens is 352 g/mol. The summed E-state index contributed by atoms with van der Waals surface area (Å²) in [6, 6.07) is 8.08. The molecule has 0 saturated heterocycles. The van der Waals surface area contributed by atoms with Gasteiger partial charge < -0.3 is 0 Å². The minimum atomic E-state index is -4.06. The Balaban J connectivity index is 2.47. The van der Waals surface area contributed by atoms with Crippen LogP contribution in [0.15, 0.2) is 45.8 Å². The van der Waals surface area contributed by atoms with Crippen molar-refractivity contribution in [1.29, 1.82) is 0 Å². The quantitative estimate of drug-likeness (QED) is 0.902. The summed E-state index contributed by atoms with van der Waals surface area (Å²) in [5, 5.41) is 0. The summed E-state index contributed by atoms with van der Waals surface area (Å²) < 4.78 is 54.1.